The van der Waals surface area contributed by atoms with Crippen molar-refractivity contribution in [3.63, 3.8) is 0 Å². The van der Waals surface area contributed by atoms with E-state index in [-0.39, 0.29) is 0 Å². The van der Waals surface area contributed by atoms with E-state index in [4.69, 9.17) is 18.1 Å². The van der Waals surface area contributed by atoms with Crippen LogP contribution in [0, 0.1) is 0 Å². The maximum Gasteiger partial charge on any atom is 0.135 e. The van der Waals surface area contributed by atoms with E-state index < -0.39 is 312 Å². The Morgan fingerprint density at radius 1 is 0.273 bits per heavy atom. The second kappa shape index (κ2) is 10.7. The van der Waals surface area contributed by atoms with Crippen LogP contribution in [-0.4, -0.2) is 0 Å². The second-order valence-corrected chi connectivity index (χ2v) is 12.8. The highest BCUT2D eigenvalue weighted by Gasteiger charge is 2.21. The van der Waals surface area contributed by atoms with Gasteiger partial charge in [-0.25, -0.2) is 0 Å². The Labute approximate surface area is 357 Å². The summed E-state index contributed by atoms with van der Waals surface area (Å²) in [6, 6.07) is -27.9. The zero-order chi connectivity index (χ0) is 61.9. The van der Waals surface area contributed by atoms with Gasteiger partial charge >= 0.3 is 0 Å². The van der Waals surface area contributed by atoms with E-state index in [9.17, 15) is 27.4 Å². The van der Waals surface area contributed by atoms with Gasteiger partial charge in [-0.3, -0.25) is 0 Å². The van der Waals surface area contributed by atoms with Gasteiger partial charge in [0.15, 0.2) is 0 Å². The van der Waals surface area contributed by atoms with Gasteiger partial charge in [0.05, 0.1) is 41.1 Å². The molecule has 252 valence electrons. The molecule has 13 aromatic rings. The summed E-state index contributed by atoms with van der Waals surface area (Å²) in [6.07, 6.45) is 0. The molecule has 0 aliphatic heterocycles. The summed E-state index contributed by atoms with van der Waals surface area (Å²) in [5.41, 5.74) is -4.38. The lowest BCUT2D eigenvalue weighted by molar-refractivity contribution is 0.669. The zero-order valence-corrected chi connectivity index (χ0v) is 27.4. The van der Waals surface area contributed by atoms with E-state index in [1.54, 1.807) is 0 Å². The maximum absolute atomic E-state index is 10.7. The van der Waals surface area contributed by atoms with Crippen molar-refractivity contribution >= 4 is 108 Å². The molecule has 0 unspecified atom stereocenters. The average Bonchev–Trinajstić information content (AvgIpc) is 1.10. The van der Waals surface area contributed by atoms with Crippen LogP contribution in [0.25, 0.3) is 130 Å². The molecular weight excluding hydrogens is 665 g/mol. The maximum atomic E-state index is 10.7. The van der Waals surface area contributed by atoms with E-state index >= 15 is 0 Å². The van der Waals surface area contributed by atoms with Gasteiger partial charge in [-0.05, 0) is 139 Å². The minimum Gasteiger partial charge on any atom is -0.456 e. The van der Waals surface area contributed by atoms with Crippen molar-refractivity contribution in [2.45, 2.75) is 0 Å². The van der Waals surface area contributed by atoms with Crippen LogP contribution < -0.4 is 0 Å². The average molecular weight is 725 g/mol. The van der Waals surface area contributed by atoms with E-state index in [1.807, 2.05) is 0 Å². The van der Waals surface area contributed by atoms with Gasteiger partial charge in [-0.1, -0.05) is 151 Å². The van der Waals surface area contributed by atoms with Crippen molar-refractivity contribution in [3.05, 3.63) is 181 Å². The highest BCUT2D eigenvalue weighted by atomic mass is 16.3. The van der Waals surface area contributed by atoms with Crippen LogP contribution in [0.5, 0.6) is 0 Å². The number of fused-ring (bicyclic) bond motifs is 7. The lowest BCUT2D eigenvalue weighted by Gasteiger charge is -2.20. The molecule has 0 radical (unpaired) electrons. The van der Waals surface area contributed by atoms with Crippen LogP contribution in [0.3, 0.4) is 0 Å². The molecule has 1 nitrogen and oxygen atoms in total. The van der Waals surface area contributed by atoms with Crippen LogP contribution in [0.2, 0.25) is 0 Å². The van der Waals surface area contributed by atoms with E-state index in [1.165, 1.54) is 0 Å². The minimum atomic E-state index is -1.06. The summed E-state index contributed by atoms with van der Waals surface area (Å²) in [4.78, 5) is 0. The summed E-state index contributed by atoms with van der Waals surface area (Å²) < 4.78 is 287. The summed E-state index contributed by atoms with van der Waals surface area (Å²) in [7, 11) is 0. The quantitative estimate of drug-likeness (QED) is 0.128. The fraction of sp³-hybridized carbons (Fsp3) is 0. The number of para-hydroxylation sites is 1. The molecule has 0 N–H and O–H groups in total. The summed E-state index contributed by atoms with van der Waals surface area (Å²) in [6.45, 7) is 0. The molecule has 0 saturated carbocycles. The van der Waals surface area contributed by atoms with E-state index in [0.29, 0.717) is 0 Å². The van der Waals surface area contributed by atoms with Gasteiger partial charge in [0.2, 0.25) is 0 Å². The Morgan fingerprint density at radius 2 is 0.691 bits per heavy atom. The Kier molecular flexibility index (Phi) is 2.52. The monoisotopic (exact) mass is 724 g/mol. The van der Waals surface area contributed by atoms with Gasteiger partial charge in [0.25, 0.3) is 0 Å². The number of hydrogen-bond donors (Lipinski definition) is 0. The predicted molar refractivity (Wildman–Crippen MR) is 236 cm³/mol. The summed E-state index contributed by atoms with van der Waals surface area (Å²) in [5.74, 6) is 0. The third-order valence-electron chi connectivity index (χ3n) is 10.0. The molecule has 0 atom stereocenters. The molecular formula is C54H30O. The molecule has 0 amide bonds. The van der Waals surface area contributed by atoms with Crippen LogP contribution >= 0.6 is 0 Å². The lowest BCUT2D eigenvalue weighted by Crippen LogP contribution is -1.92. The van der Waals surface area contributed by atoms with Gasteiger partial charge in [-0.15, -0.1) is 0 Å². The lowest BCUT2D eigenvalue weighted by atomic mass is 9.83. The Morgan fingerprint density at radius 3 is 1.27 bits per heavy atom. The number of furan rings is 1. The second-order valence-electron chi connectivity index (χ2n) is 12.8. The first-order valence-electron chi connectivity index (χ1n) is 31.7. The van der Waals surface area contributed by atoms with Crippen LogP contribution in [0.15, 0.2) is 186 Å². The Balaban J connectivity index is 1.42. The molecule has 0 saturated heterocycles. The van der Waals surface area contributed by atoms with Crippen molar-refractivity contribution in [2.75, 3.05) is 0 Å². The first-order valence-corrected chi connectivity index (χ1v) is 16.7. The molecule has 1 aromatic heterocycles. The van der Waals surface area contributed by atoms with Crippen LogP contribution in [0.4, 0.5) is 0 Å². The fourth-order valence-electron chi connectivity index (χ4n) is 7.80. The normalized spacial score (nSPS) is 20.0. The number of hydrogen-bond acceptors (Lipinski definition) is 1. The van der Waals surface area contributed by atoms with Crippen molar-refractivity contribution in [1.29, 1.82) is 0 Å². The molecule has 0 aliphatic rings. The van der Waals surface area contributed by atoms with Crippen molar-refractivity contribution < 1.29 is 45.5 Å². The van der Waals surface area contributed by atoms with E-state index in [0.717, 1.165) is 0 Å². The van der Waals surface area contributed by atoms with Crippen molar-refractivity contribution in [1.82, 2.24) is 0 Å². The molecule has 13 rings (SSSR count). The first kappa shape index (κ1) is 13.0. The first-order chi connectivity index (χ1) is 39.8. The zero-order valence-electron chi connectivity index (χ0n) is 57.4. The van der Waals surface area contributed by atoms with E-state index in [2.05, 4.69) is 0 Å². The SMILES string of the molecule is [2H]c1c([2H])c([2H])c2c(oc3c([2H])c([2H])c(-c4c5c([2H])c([2H])c([2H])c([2H])c5c(-c5c([2H])c6c([2H])c([2H])c7c([2H])c([2H])c([2H])c8c9c([2H])c([2H])c([2H])c%10c([2H])c([2H])c%11c([2H])c([2H])c([2H])c(c(c5[2H])c6c78)c%11c%109)c5c([2H])c([2H])c([2H])c([2H])c45)c([2H])c32)c1[2H]. The molecule has 55 heavy (non-hydrogen) atoms. The number of benzene rings is 11. The largest absolute Gasteiger partial charge is 0.456 e. The highest BCUT2D eigenvalue weighted by molar-refractivity contribution is 6.37. The van der Waals surface area contributed by atoms with Crippen LogP contribution in [-0.2, 0) is 0 Å². The van der Waals surface area contributed by atoms with Gasteiger partial charge in [0.1, 0.15) is 11.2 Å². The van der Waals surface area contributed by atoms with Gasteiger partial charge in [0, 0.05) is 10.8 Å². The van der Waals surface area contributed by atoms with Crippen molar-refractivity contribution in [3.8, 4) is 22.3 Å². The molecule has 0 fully saturated rings. The molecule has 1 heteroatoms. The third-order valence-corrected chi connectivity index (χ3v) is 10.0. The summed E-state index contributed by atoms with van der Waals surface area (Å²) in [5, 5.41) is -11.2. The smallest absolute Gasteiger partial charge is 0.135 e. The molecule has 1 heterocycles. The Hall–Kier alpha value is -7.22. The van der Waals surface area contributed by atoms with Gasteiger partial charge in [-0.2, -0.15) is 0 Å². The summed E-state index contributed by atoms with van der Waals surface area (Å²) >= 11 is 0. The topological polar surface area (TPSA) is 13.1 Å². The predicted octanol–water partition coefficient (Wildman–Crippen LogP) is 15.6. The van der Waals surface area contributed by atoms with Crippen LogP contribution in [0.1, 0.15) is 41.1 Å². The standard InChI is InChI=1S/C54H30O/c1-3-16-40-38(14-1)49(35-26-27-48-45(29-35)37-13-5-6-21-47(37)55-48)39-15-2-4-17-41(39)50(40)36-28-34-25-24-33-11-8-19-43-42-18-7-10-31-22-23-32-12-9-20-44(53(32)51(31)42)46(30-36)54(34)52(33)43/h1-30H/i1D,2D,3D,4D,5D,6D,7D,8D,9D,10D,11D,12D,13D,14D,15D,16D,17D,18D,19D,20D,21D,22D,23D,24D,25D,26D,27D,28D,29D,30D. The fourth-order valence-corrected chi connectivity index (χ4v) is 7.80. The Bertz CT molecular complexity index is 5440. The highest BCUT2D eigenvalue weighted by Crippen LogP contribution is 2.48. The molecule has 12 aromatic carbocycles. The van der Waals surface area contributed by atoms with Crippen molar-refractivity contribution in [2.24, 2.45) is 0 Å². The molecule has 0 spiro atoms. The van der Waals surface area contributed by atoms with Gasteiger partial charge < -0.3 is 4.42 Å². The number of rotatable bonds is 2. The minimum absolute atomic E-state index is 0.459. The molecule has 0 aliphatic carbocycles. The molecule has 0 bridgehead atoms. The third kappa shape index (κ3) is 3.92.